The molecule has 7 nitrogen and oxygen atoms in total. The Morgan fingerprint density at radius 2 is 2.00 bits per heavy atom. The normalized spacial score (nSPS) is 15.1. The number of hydrogen-bond acceptors (Lipinski definition) is 5. The molecule has 0 aliphatic carbocycles. The van der Waals surface area contributed by atoms with Gasteiger partial charge >= 0.3 is 0 Å². The van der Waals surface area contributed by atoms with Crippen molar-refractivity contribution in [2.75, 3.05) is 26.2 Å². The summed E-state index contributed by atoms with van der Waals surface area (Å²) in [6.45, 7) is 2.73. The number of nitro benzene ring substituents is 1. The maximum atomic E-state index is 12.6. The standard InChI is InChI=1S/C14H14N4O3/c19-14(17-8-6-15-7-9-17)13-11-2-1-3-12(18(20)21)10(11)4-5-16-13/h1-5,15H,6-9H2. The number of aromatic nitrogens is 1. The van der Waals surface area contributed by atoms with Gasteiger partial charge in [-0.25, -0.2) is 0 Å². The number of piperazine rings is 1. The van der Waals surface area contributed by atoms with Gasteiger partial charge in [0.05, 0.1) is 10.3 Å². The van der Waals surface area contributed by atoms with Crippen molar-refractivity contribution in [3.8, 4) is 0 Å². The molecule has 1 fully saturated rings. The SMILES string of the molecule is O=C(c1nccc2c([N+](=O)[O-])cccc12)N1CCNCC1. The number of nitrogens with zero attached hydrogens (tertiary/aromatic N) is 3. The number of carbonyl (C=O) groups is 1. The van der Waals surface area contributed by atoms with Crippen molar-refractivity contribution in [1.29, 1.82) is 0 Å². The second-order valence-electron chi connectivity index (χ2n) is 4.83. The van der Waals surface area contributed by atoms with E-state index in [1.165, 1.54) is 12.3 Å². The van der Waals surface area contributed by atoms with E-state index in [0.717, 1.165) is 13.1 Å². The lowest BCUT2D eigenvalue weighted by Crippen LogP contribution is -2.46. The molecule has 0 radical (unpaired) electrons. The number of pyridine rings is 1. The van der Waals surface area contributed by atoms with Crippen molar-refractivity contribution in [1.82, 2.24) is 15.2 Å². The van der Waals surface area contributed by atoms with E-state index < -0.39 is 4.92 Å². The molecule has 1 N–H and O–H groups in total. The fourth-order valence-corrected chi connectivity index (χ4v) is 2.54. The van der Waals surface area contributed by atoms with Crippen molar-refractivity contribution in [2.24, 2.45) is 0 Å². The molecule has 0 bridgehead atoms. The van der Waals surface area contributed by atoms with Crippen molar-refractivity contribution in [3.05, 3.63) is 46.3 Å². The molecule has 0 saturated carbocycles. The van der Waals surface area contributed by atoms with Crippen LogP contribution in [0.3, 0.4) is 0 Å². The molecular weight excluding hydrogens is 272 g/mol. The summed E-state index contributed by atoms with van der Waals surface area (Å²) in [5, 5.41) is 15.2. The number of nitro groups is 1. The van der Waals surface area contributed by atoms with Gasteiger partial charge in [0, 0.05) is 43.8 Å². The summed E-state index contributed by atoms with van der Waals surface area (Å²) in [6.07, 6.45) is 1.45. The van der Waals surface area contributed by atoms with Gasteiger partial charge in [0.2, 0.25) is 0 Å². The molecule has 3 rings (SSSR count). The van der Waals surface area contributed by atoms with Crippen LogP contribution >= 0.6 is 0 Å². The summed E-state index contributed by atoms with van der Waals surface area (Å²) in [6, 6.07) is 6.28. The number of rotatable bonds is 2. The molecule has 7 heteroatoms. The topological polar surface area (TPSA) is 88.4 Å². The monoisotopic (exact) mass is 286 g/mol. The maximum absolute atomic E-state index is 12.6. The molecule has 1 aliphatic heterocycles. The Morgan fingerprint density at radius 3 is 2.71 bits per heavy atom. The first-order valence-corrected chi connectivity index (χ1v) is 6.70. The summed E-state index contributed by atoms with van der Waals surface area (Å²) >= 11 is 0. The van der Waals surface area contributed by atoms with Crippen molar-refractivity contribution in [3.63, 3.8) is 0 Å². The molecular formula is C14H14N4O3. The van der Waals surface area contributed by atoms with E-state index in [2.05, 4.69) is 10.3 Å². The molecule has 1 aliphatic rings. The minimum Gasteiger partial charge on any atom is -0.335 e. The Balaban J connectivity index is 2.08. The van der Waals surface area contributed by atoms with Gasteiger partial charge in [-0.05, 0) is 6.07 Å². The Kier molecular flexibility index (Phi) is 3.49. The first-order chi connectivity index (χ1) is 10.2. The van der Waals surface area contributed by atoms with Crippen LogP contribution in [0.1, 0.15) is 10.5 Å². The highest BCUT2D eigenvalue weighted by Gasteiger charge is 2.23. The van der Waals surface area contributed by atoms with Crippen molar-refractivity contribution in [2.45, 2.75) is 0 Å². The summed E-state index contributed by atoms with van der Waals surface area (Å²) in [7, 11) is 0. The zero-order chi connectivity index (χ0) is 14.8. The highest BCUT2D eigenvalue weighted by Crippen LogP contribution is 2.27. The van der Waals surface area contributed by atoms with E-state index in [9.17, 15) is 14.9 Å². The largest absolute Gasteiger partial charge is 0.335 e. The highest BCUT2D eigenvalue weighted by atomic mass is 16.6. The third-order valence-electron chi connectivity index (χ3n) is 3.59. The smallest absolute Gasteiger partial charge is 0.277 e. The van der Waals surface area contributed by atoms with Gasteiger partial charge < -0.3 is 10.2 Å². The molecule has 21 heavy (non-hydrogen) atoms. The van der Waals surface area contributed by atoms with Crippen LogP contribution in [0, 0.1) is 10.1 Å². The molecule has 1 aromatic heterocycles. The third kappa shape index (κ3) is 2.43. The second kappa shape index (κ2) is 5.45. The Labute approximate surface area is 120 Å². The lowest BCUT2D eigenvalue weighted by molar-refractivity contribution is -0.383. The molecule has 1 saturated heterocycles. The van der Waals surface area contributed by atoms with E-state index in [-0.39, 0.29) is 17.3 Å². The molecule has 2 aromatic rings. The molecule has 0 atom stereocenters. The van der Waals surface area contributed by atoms with E-state index in [4.69, 9.17) is 0 Å². The van der Waals surface area contributed by atoms with E-state index in [0.29, 0.717) is 23.9 Å². The summed E-state index contributed by atoms with van der Waals surface area (Å²) in [5.74, 6) is -0.178. The van der Waals surface area contributed by atoms with Gasteiger partial charge in [0.25, 0.3) is 11.6 Å². The van der Waals surface area contributed by atoms with E-state index >= 15 is 0 Å². The average Bonchev–Trinajstić information content (AvgIpc) is 2.53. The average molecular weight is 286 g/mol. The van der Waals surface area contributed by atoms with E-state index in [1.807, 2.05) is 0 Å². The maximum Gasteiger partial charge on any atom is 0.277 e. The lowest BCUT2D eigenvalue weighted by Gasteiger charge is -2.27. The Hall–Kier alpha value is -2.54. The number of benzene rings is 1. The predicted molar refractivity (Wildman–Crippen MR) is 77.2 cm³/mol. The van der Waals surface area contributed by atoms with Crippen molar-refractivity contribution < 1.29 is 9.72 Å². The van der Waals surface area contributed by atoms with Crippen LogP contribution in [0.4, 0.5) is 5.69 Å². The number of non-ortho nitro benzene ring substituents is 1. The van der Waals surface area contributed by atoms with Crippen molar-refractivity contribution >= 4 is 22.4 Å². The summed E-state index contributed by atoms with van der Waals surface area (Å²) in [5.41, 5.74) is 0.266. The van der Waals surface area contributed by atoms with Crippen LogP contribution in [0.2, 0.25) is 0 Å². The number of amides is 1. The minimum atomic E-state index is -0.443. The fraction of sp³-hybridized carbons (Fsp3) is 0.286. The molecule has 2 heterocycles. The van der Waals surface area contributed by atoms with Crippen LogP contribution in [0.5, 0.6) is 0 Å². The van der Waals surface area contributed by atoms with Crippen LogP contribution in [-0.4, -0.2) is 46.9 Å². The zero-order valence-electron chi connectivity index (χ0n) is 11.3. The number of carbonyl (C=O) groups excluding carboxylic acids is 1. The van der Waals surface area contributed by atoms with Crippen LogP contribution in [0.15, 0.2) is 30.5 Å². The molecule has 1 aromatic carbocycles. The van der Waals surface area contributed by atoms with Crippen LogP contribution in [-0.2, 0) is 0 Å². The number of fused-ring (bicyclic) bond motifs is 1. The van der Waals surface area contributed by atoms with E-state index in [1.54, 1.807) is 23.1 Å². The lowest BCUT2D eigenvalue weighted by atomic mass is 10.1. The van der Waals surface area contributed by atoms with Gasteiger partial charge in [-0.2, -0.15) is 0 Å². The highest BCUT2D eigenvalue weighted by molar-refractivity contribution is 6.07. The van der Waals surface area contributed by atoms with Gasteiger partial charge in [-0.3, -0.25) is 19.9 Å². The third-order valence-corrected chi connectivity index (χ3v) is 3.59. The first-order valence-electron chi connectivity index (χ1n) is 6.70. The van der Waals surface area contributed by atoms with Crippen LogP contribution in [0.25, 0.3) is 10.8 Å². The zero-order valence-corrected chi connectivity index (χ0v) is 11.3. The first kappa shape index (κ1) is 13.4. The van der Waals surface area contributed by atoms with Crippen LogP contribution < -0.4 is 5.32 Å². The van der Waals surface area contributed by atoms with Gasteiger partial charge in [-0.1, -0.05) is 12.1 Å². The molecule has 0 unspecified atom stereocenters. The fourth-order valence-electron chi connectivity index (χ4n) is 2.54. The molecule has 108 valence electrons. The predicted octanol–water partition coefficient (Wildman–Crippen LogP) is 1.19. The minimum absolute atomic E-state index is 0.00994. The molecule has 1 amide bonds. The Bertz CT molecular complexity index is 710. The Morgan fingerprint density at radius 1 is 1.24 bits per heavy atom. The quantitative estimate of drug-likeness (QED) is 0.661. The number of hydrogen-bond donors (Lipinski definition) is 1. The number of nitrogens with one attached hydrogen (secondary N) is 1. The van der Waals surface area contributed by atoms with Gasteiger partial charge in [0.1, 0.15) is 5.69 Å². The van der Waals surface area contributed by atoms with Gasteiger partial charge in [0.15, 0.2) is 0 Å². The molecule has 0 spiro atoms. The summed E-state index contributed by atoms with van der Waals surface area (Å²) in [4.78, 5) is 29.1. The van der Waals surface area contributed by atoms with Gasteiger partial charge in [-0.15, -0.1) is 0 Å². The second-order valence-corrected chi connectivity index (χ2v) is 4.83. The summed E-state index contributed by atoms with van der Waals surface area (Å²) < 4.78 is 0.